The van der Waals surface area contributed by atoms with Crippen molar-refractivity contribution in [2.24, 2.45) is 0 Å². The standard InChI is InChI=1S/C12H20F3NO2/c1-9(2)17-8-11-4-3-5-16(11)7-10(6-11)18-12(13,14)15/h9-10H,3-8H2,1-2H3/t10-,11+/m1/s1. The van der Waals surface area contributed by atoms with E-state index in [4.69, 9.17) is 4.74 Å². The normalized spacial score (nSPS) is 33.3. The molecule has 0 aromatic heterocycles. The summed E-state index contributed by atoms with van der Waals surface area (Å²) in [6.07, 6.45) is -2.84. The average molecular weight is 267 g/mol. The van der Waals surface area contributed by atoms with E-state index >= 15 is 0 Å². The third kappa shape index (κ3) is 3.16. The zero-order valence-corrected chi connectivity index (χ0v) is 10.8. The maximum absolute atomic E-state index is 12.3. The first-order valence-corrected chi connectivity index (χ1v) is 6.42. The van der Waals surface area contributed by atoms with E-state index < -0.39 is 12.5 Å². The van der Waals surface area contributed by atoms with E-state index in [0.717, 1.165) is 19.4 Å². The Morgan fingerprint density at radius 2 is 2.11 bits per heavy atom. The second kappa shape index (κ2) is 4.98. The average Bonchev–Trinajstić information content (AvgIpc) is 2.68. The van der Waals surface area contributed by atoms with Crippen LogP contribution in [0.15, 0.2) is 0 Å². The van der Waals surface area contributed by atoms with E-state index in [-0.39, 0.29) is 11.6 Å². The highest BCUT2D eigenvalue weighted by Gasteiger charge is 2.51. The van der Waals surface area contributed by atoms with Gasteiger partial charge < -0.3 is 4.74 Å². The van der Waals surface area contributed by atoms with Crippen LogP contribution >= 0.6 is 0 Å². The van der Waals surface area contributed by atoms with Crippen molar-refractivity contribution in [2.45, 2.75) is 57.2 Å². The van der Waals surface area contributed by atoms with E-state index in [1.807, 2.05) is 13.8 Å². The van der Waals surface area contributed by atoms with Crippen LogP contribution in [0, 0.1) is 0 Å². The van der Waals surface area contributed by atoms with Crippen molar-refractivity contribution in [2.75, 3.05) is 19.7 Å². The molecular weight excluding hydrogens is 247 g/mol. The topological polar surface area (TPSA) is 21.7 Å². The number of alkyl halides is 3. The van der Waals surface area contributed by atoms with Gasteiger partial charge in [0.1, 0.15) is 0 Å². The minimum absolute atomic E-state index is 0.101. The summed E-state index contributed by atoms with van der Waals surface area (Å²) < 4.78 is 46.6. The fourth-order valence-electron chi connectivity index (χ4n) is 3.06. The monoisotopic (exact) mass is 267 g/mol. The zero-order valence-electron chi connectivity index (χ0n) is 10.8. The van der Waals surface area contributed by atoms with Crippen LogP contribution in [0.3, 0.4) is 0 Å². The Balaban J connectivity index is 1.96. The molecule has 18 heavy (non-hydrogen) atoms. The van der Waals surface area contributed by atoms with Crippen molar-refractivity contribution < 1.29 is 22.6 Å². The summed E-state index contributed by atoms with van der Waals surface area (Å²) in [5.41, 5.74) is -0.236. The maximum Gasteiger partial charge on any atom is 0.522 e. The molecule has 0 aliphatic carbocycles. The lowest BCUT2D eigenvalue weighted by Gasteiger charge is -2.32. The molecule has 0 aromatic carbocycles. The molecule has 3 nitrogen and oxygen atoms in total. The summed E-state index contributed by atoms with van der Waals surface area (Å²) in [5, 5.41) is 0. The number of hydrogen-bond donors (Lipinski definition) is 0. The van der Waals surface area contributed by atoms with Gasteiger partial charge in [0.25, 0.3) is 0 Å². The van der Waals surface area contributed by atoms with Crippen molar-refractivity contribution >= 4 is 0 Å². The van der Waals surface area contributed by atoms with Gasteiger partial charge in [-0.3, -0.25) is 9.64 Å². The highest BCUT2D eigenvalue weighted by atomic mass is 19.4. The summed E-state index contributed by atoms with van der Waals surface area (Å²) in [6.45, 7) is 5.59. The van der Waals surface area contributed by atoms with Gasteiger partial charge in [-0.2, -0.15) is 0 Å². The van der Waals surface area contributed by atoms with Crippen LogP contribution in [0.4, 0.5) is 13.2 Å². The molecule has 2 heterocycles. The fourth-order valence-corrected chi connectivity index (χ4v) is 3.06. The highest BCUT2D eigenvalue weighted by molar-refractivity contribution is 5.04. The number of rotatable bonds is 4. The predicted octanol–water partition coefficient (Wildman–Crippen LogP) is 2.55. The molecule has 0 unspecified atom stereocenters. The Kier molecular flexibility index (Phi) is 3.90. The first-order chi connectivity index (χ1) is 8.31. The predicted molar refractivity (Wildman–Crippen MR) is 60.2 cm³/mol. The van der Waals surface area contributed by atoms with Gasteiger partial charge >= 0.3 is 6.36 Å². The van der Waals surface area contributed by atoms with E-state index in [1.165, 1.54) is 0 Å². The molecule has 6 heteroatoms. The van der Waals surface area contributed by atoms with E-state index in [2.05, 4.69) is 9.64 Å². The van der Waals surface area contributed by atoms with Crippen molar-refractivity contribution in [3.05, 3.63) is 0 Å². The quantitative estimate of drug-likeness (QED) is 0.781. The molecular formula is C12H20F3NO2. The fraction of sp³-hybridized carbons (Fsp3) is 1.00. The van der Waals surface area contributed by atoms with Gasteiger partial charge in [-0.15, -0.1) is 13.2 Å². The summed E-state index contributed by atoms with van der Waals surface area (Å²) >= 11 is 0. The molecule has 2 atom stereocenters. The molecule has 2 aliphatic rings. The van der Waals surface area contributed by atoms with Crippen LogP contribution in [-0.4, -0.2) is 48.7 Å². The van der Waals surface area contributed by atoms with Gasteiger partial charge in [-0.25, -0.2) is 0 Å². The van der Waals surface area contributed by atoms with E-state index in [9.17, 15) is 13.2 Å². The Morgan fingerprint density at radius 3 is 2.72 bits per heavy atom. The van der Waals surface area contributed by atoms with Crippen LogP contribution in [0.1, 0.15) is 33.1 Å². The Bertz CT molecular complexity index is 296. The lowest BCUT2D eigenvalue weighted by molar-refractivity contribution is -0.341. The molecule has 0 bridgehead atoms. The molecule has 0 amide bonds. The van der Waals surface area contributed by atoms with Gasteiger partial charge in [-0.1, -0.05) is 0 Å². The maximum atomic E-state index is 12.3. The minimum Gasteiger partial charge on any atom is -0.377 e. The van der Waals surface area contributed by atoms with E-state index in [1.54, 1.807) is 0 Å². The molecule has 0 saturated carbocycles. The van der Waals surface area contributed by atoms with Gasteiger partial charge in [0.2, 0.25) is 0 Å². The Hall–Kier alpha value is -0.330. The zero-order chi connectivity index (χ0) is 13.4. The van der Waals surface area contributed by atoms with Crippen molar-refractivity contribution in [1.82, 2.24) is 4.90 Å². The summed E-state index contributed by atoms with van der Waals surface area (Å²) in [5.74, 6) is 0. The van der Waals surface area contributed by atoms with Crippen LogP contribution in [0.5, 0.6) is 0 Å². The van der Waals surface area contributed by atoms with Crippen LogP contribution in [0.2, 0.25) is 0 Å². The number of hydrogen-bond acceptors (Lipinski definition) is 3. The first kappa shape index (κ1) is 14.1. The highest BCUT2D eigenvalue weighted by Crippen LogP contribution is 2.41. The smallest absolute Gasteiger partial charge is 0.377 e. The molecule has 0 spiro atoms. The molecule has 2 saturated heterocycles. The number of halogens is 3. The van der Waals surface area contributed by atoms with Crippen molar-refractivity contribution in [3.8, 4) is 0 Å². The van der Waals surface area contributed by atoms with Gasteiger partial charge in [0.05, 0.1) is 18.8 Å². The van der Waals surface area contributed by atoms with Crippen LogP contribution in [-0.2, 0) is 9.47 Å². The van der Waals surface area contributed by atoms with Gasteiger partial charge in [0, 0.05) is 12.1 Å². The molecule has 0 aromatic rings. The van der Waals surface area contributed by atoms with Gasteiger partial charge in [0.15, 0.2) is 0 Å². The summed E-state index contributed by atoms with van der Waals surface area (Å²) in [7, 11) is 0. The van der Waals surface area contributed by atoms with E-state index in [0.29, 0.717) is 19.6 Å². The largest absolute Gasteiger partial charge is 0.522 e. The molecule has 0 N–H and O–H groups in total. The Morgan fingerprint density at radius 1 is 1.39 bits per heavy atom. The Labute approximate surface area is 105 Å². The summed E-state index contributed by atoms with van der Waals surface area (Å²) in [6, 6.07) is 0. The SMILES string of the molecule is CC(C)OC[C@@]12CCCN1C[C@H](OC(F)(F)F)C2. The molecule has 0 radical (unpaired) electrons. The first-order valence-electron chi connectivity index (χ1n) is 6.42. The number of ether oxygens (including phenoxy) is 2. The van der Waals surface area contributed by atoms with Crippen LogP contribution < -0.4 is 0 Å². The second-order valence-electron chi connectivity index (χ2n) is 5.52. The third-order valence-electron chi connectivity index (χ3n) is 3.76. The minimum atomic E-state index is -4.54. The van der Waals surface area contributed by atoms with Gasteiger partial charge in [-0.05, 0) is 39.7 Å². The summed E-state index contributed by atoms with van der Waals surface area (Å²) in [4.78, 5) is 2.10. The molecule has 2 aliphatic heterocycles. The third-order valence-corrected chi connectivity index (χ3v) is 3.76. The second-order valence-corrected chi connectivity index (χ2v) is 5.52. The molecule has 2 fully saturated rings. The lowest BCUT2D eigenvalue weighted by Crippen LogP contribution is -2.43. The van der Waals surface area contributed by atoms with Crippen LogP contribution in [0.25, 0.3) is 0 Å². The lowest BCUT2D eigenvalue weighted by atomic mass is 9.94. The molecule has 2 rings (SSSR count). The number of nitrogens with zero attached hydrogens (tertiary/aromatic N) is 1. The number of fused-ring (bicyclic) bond motifs is 1. The van der Waals surface area contributed by atoms with Crippen molar-refractivity contribution in [3.63, 3.8) is 0 Å². The molecule has 106 valence electrons. The van der Waals surface area contributed by atoms with Crippen molar-refractivity contribution in [1.29, 1.82) is 0 Å².